The van der Waals surface area contributed by atoms with Crippen LogP contribution in [0, 0.1) is 5.92 Å². The van der Waals surface area contributed by atoms with Gasteiger partial charge >= 0.3 is 6.03 Å². The fourth-order valence-electron chi connectivity index (χ4n) is 2.19. The number of nitrogens with two attached hydrogens (primary N) is 1. The monoisotopic (exact) mass is 320 g/mol. The molecule has 3 amide bonds. The van der Waals surface area contributed by atoms with Crippen LogP contribution in [0.25, 0.3) is 0 Å². The Balaban J connectivity index is 2.61. The number of anilines is 1. The van der Waals surface area contributed by atoms with Crippen molar-refractivity contribution in [2.75, 3.05) is 11.9 Å². The van der Waals surface area contributed by atoms with Crippen molar-refractivity contribution in [2.45, 2.75) is 46.2 Å². The predicted molar refractivity (Wildman–Crippen MR) is 93.5 cm³/mol. The molecule has 0 aliphatic carbocycles. The minimum atomic E-state index is -0.266. The first-order valence-electron chi connectivity index (χ1n) is 8.00. The number of nitrogens with one attached hydrogen (secondary N) is 3. The maximum Gasteiger partial charge on any atom is 0.319 e. The van der Waals surface area contributed by atoms with Crippen LogP contribution in [0.5, 0.6) is 0 Å². The zero-order valence-electron chi connectivity index (χ0n) is 14.3. The summed E-state index contributed by atoms with van der Waals surface area (Å²) in [4.78, 5) is 23.8. The zero-order chi connectivity index (χ0) is 17.4. The van der Waals surface area contributed by atoms with Crippen LogP contribution in [0.2, 0.25) is 0 Å². The van der Waals surface area contributed by atoms with Gasteiger partial charge in [0.05, 0.1) is 0 Å². The molecule has 0 radical (unpaired) electrons. The predicted octanol–water partition coefficient (Wildman–Crippen LogP) is 2.32. The average Bonchev–Trinajstić information content (AvgIpc) is 2.45. The first-order chi connectivity index (χ1) is 10.8. The summed E-state index contributed by atoms with van der Waals surface area (Å²) in [6.07, 6.45) is 0.844. The van der Waals surface area contributed by atoms with Crippen molar-refractivity contribution in [3.05, 3.63) is 29.8 Å². The van der Waals surface area contributed by atoms with Crippen LogP contribution in [-0.4, -0.2) is 30.6 Å². The normalized spacial score (nSPS) is 12.1. The molecule has 1 unspecified atom stereocenters. The number of carbonyl (C=O) groups is 2. The summed E-state index contributed by atoms with van der Waals surface area (Å²) in [7, 11) is 0. The van der Waals surface area contributed by atoms with Crippen LogP contribution >= 0.6 is 0 Å². The highest BCUT2D eigenvalue weighted by molar-refractivity contribution is 5.95. The third kappa shape index (κ3) is 7.15. The third-order valence-electron chi connectivity index (χ3n) is 3.20. The summed E-state index contributed by atoms with van der Waals surface area (Å²) in [6, 6.07) is 6.54. The number of hydrogen-bond donors (Lipinski definition) is 4. The number of hydrogen-bond acceptors (Lipinski definition) is 3. The Morgan fingerprint density at radius 3 is 2.13 bits per heavy atom. The number of urea groups is 1. The van der Waals surface area contributed by atoms with E-state index in [1.165, 1.54) is 0 Å². The molecule has 1 aromatic carbocycles. The number of amides is 3. The standard InChI is InChI=1S/C17H28N4O2/c1-11(2)9-15(10-18)20-16(22)13-5-7-14(8-6-13)21-17(23)19-12(3)4/h5-8,11-12,15H,9-10,18H2,1-4H3,(H,20,22)(H2,19,21,23). The van der Waals surface area contributed by atoms with Crippen molar-refractivity contribution in [1.82, 2.24) is 10.6 Å². The van der Waals surface area contributed by atoms with Gasteiger partial charge in [-0.25, -0.2) is 4.79 Å². The second-order valence-corrected chi connectivity index (χ2v) is 6.37. The van der Waals surface area contributed by atoms with E-state index in [1.807, 2.05) is 13.8 Å². The van der Waals surface area contributed by atoms with Gasteiger partial charge in [-0.05, 0) is 50.5 Å². The molecule has 0 aliphatic heterocycles. The fraction of sp³-hybridized carbons (Fsp3) is 0.529. The van der Waals surface area contributed by atoms with Gasteiger partial charge in [0, 0.05) is 29.9 Å². The van der Waals surface area contributed by atoms with Gasteiger partial charge in [-0.2, -0.15) is 0 Å². The van der Waals surface area contributed by atoms with Crippen LogP contribution < -0.4 is 21.7 Å². The quantitative estimate of drug-likeness (QED) is 0.621. The fourth-order valence-corrected chi connectivity index (χ4v) is 2.19. The second kappa shape index (κ2) is 9.15. The SMILES string of the molecule is CC(C)CC(CN)NC(=O)c1ccc(NC(=O)NC(C)C)cc1. The van der Waals surface area contributed by atoms with Gasteiger partial charge < -0.3 is 21.7 Å². The van der Waals surface area contributed by atoms with E-state index < -0.39 is 0 Å². The van der Waals surface area contributed by atoms with Gasteiger partial charge in [0.15, 0.2) is 0 Å². The molecule has 1 atom stereocenters. The van der Waals surface area contributed by atoms with Gasteiger partial charge in [-0.3, -0.25) is 4.79 Å². The lowest BCUT2D eigenvalue weighted by atomic mass is 10.0. The number of carbonyl (C=O) groups excluding carboxylic acids is 2. The molecule has 0 saturated carbocycles. The van der Waals surface area contributed by atoms with E-state index in [-0.39, 0.29) is 24.0 Å². The van der Waals surface area contributed by atoms with Crippen LogP contribution in [0.15, 0.2) is 24.3 Å². The van der Waals surface area contributed by atoms with Crippen molar-refractivity contribution >= 4 is 17.6 Å². The highest BCUT2D eigenvalue weighted by Crippen LogP contribution is 2.11. The molecule has 6 heteroatoms. The van der Waals surface area contributed by atoms with E-state index in [0.29, 0.717) is 23.7 Å². The maximum atomic E-state index is 12.2. The molecule has 0 aromatic heterocycles. The number of rotatable bonds is 7. The average molecular weight is 320 g/mol. The largest absolute Gasteiger partial charge is 0.348 e. The van der Waals surface area contributed by atoms with E-state index in [4.69, 9.17) is 5.73 Å². The minimum Gasteiger partial charge on any atom is -0.348 e. The van der Waals surface area contributed by atoms with Crippen LogP contribution in [0.4, 0.5) is 10.5 Å². The van der Waals surface area contributed by atoms with Crippen LogP contribution in [0.3, 0.4) is 0 Å². The van der Waals surface area contributed by atoms with Gasteiger partial charge in [0.25, 0.3) is 5.91 Å². The lowest BCUT2D eigenvalue weighted by Gasteiger charge is -2.19. The van der Waals surface area contributed by atoms with Crippen LogP contribution in [-0.2, 0) is 0 Å². The van der Waals surface area contributed by atoms with E-state index >= 15 is 0 Å². The molecular weight excluding hydrogens is 292 g/mol. The first-order valence-corrected chi connectivity index (χ1v) is 8.00. The molecule has 0 heterocycles. The third-order valence-corrected chi connectivity index (χ3v) is 3.20. The summed E-state index contributed by atoms with van der Waals surface area (Å²) in [5.41, 5.74) is 6.88. The molecule has 0 spiro atoms. The Morgan fingerprint density at radius 2 is 1.65 bits per heavy atom. The molecule has 0 aliphatic rings. The van der Waals surface area contributed by atoms with Crippen molar-refractivity contribution in [3.63, 3.8) is 0 Å². The highest BCUT2D eigenvalue weighted by Gasteiger charge is 2.14. The Morgan fingerprint density at radius 1 is 1.04 bits per heavy atom. The van der Waals surface area contributed by atoms with Gasteiger partial charge in [-0.1, -0.05) is 13.8 Å². The number of benzene rings is 1. The summed E-state index contributed by atoms with van der Waals surface area (Å²) >= 11 is 0. The lowest BCUT2D eigenvalue weighted by Crippen LogP contribution is -2.41. The summed E-state index contributed by atoms with van der Waals surface area (Å²) < 4.78 is 0. The Labute approximate surface area is 138 Å². The Hall–Kier alpha value is -2.08. The van der Waals surface area contributed by atoms with Gasteiger partial charge in [0.1, 0.15) is 0 Å². The van der Waals surface area contributed by atoms with Crippen molar-refractivity contribution in [2.24, 2.45) is 11.7 Å². The maximum absolute atomic E-state index is 12.2. The van der Waals surface area contributed by atoms with Crippen molar-refractivity contribution in [1.29, 1.82) is 0 Å². The molecule has 128 valence electrons. The molecule has 0 saturated heterocycles. The van der Waals surface area contributed by atoms with E-state index in [2.05, 4.69) is 29.8 Å². The molecule has 0 fully saturated rings. The summed E-state index contributed by atoms with van der Waals surface area (Å²) in [6.45, 7) is 8.38. The molecule has 1 rings (SSSR count). The van der Waals surface area contributed by atoms with E-state index in [0.717, 1.165) is 6.42 Å². The summed E-state index contributed by atoms with van der Waals surface area (Å²) in [5.74, 6) is 0.314. The zero-order valence-corrected chi connectivity index (χ0v) is 14.3. The van der Waals surface area contributed by atoms with E-state index in [1.54, 1.807) is 24.3 Å². The Kier molecular flexibility index (Phi) is 7.54. The summed E-state index contributed by atoms with van der Waals surface area (Å²) in [5, 5.41) is 8.39. The molecule has 0 bridgehead atoms. The van der Waals surface area contributed by atoms with E-state index in [9.17, 15) is 9.59 Å². The van der Waals surface area contributed by atoms with Crippen molar-refractivity contribution in [3.8, 4) is 0 Å². The highest BCUT2D eigenvalue weighted by atomic mass is 16.2. The van der Waals surface area contributed by atoms with Crippen LogP contribution in [0.1, 0.15) is 44.5 Å². The molecule has 1 aromatic rings. The Bertz CT molecular complexity index is 512. The smallest absolute Gasteiger partial charge is 0.319 e. The topological polar surface area (TPSA) is 96.2 Å². The molecule has 5 N–H and O–H groups in total. The minimum absolute atomic E-state index is 0.0304. The first kappa shape index (κ1) is 19.0. The molecule has 23 heavy (non-hydrogen) atoms. The molecular formula is C17H28N4O2. The lowest BCUT2D eigenvalue weighted by molar-refractivity contribution is 0.0934. The second-order valence-electron chi connectivity index (χ2n) is 6.37. The molecule has 6 nitrogen and oxygen atoms in total. The van der Waals surface area contributed by atoms with Gasteiger partial charge in [0.2, 0.25) is 0 Å². The van der Waals surface area contributed by atoms with Crippen molar-refractivity contribution < 1.29 is 9.59 Å². The van der Waals surface area contributed by atoms with Gasteiger partial charge in [-0.15, -0.1) is 0 Å².